The number of carbonyl (C=O) groups is 1. The fraction of sp³-hybridized carbons (Fsp3) is 0.409. The first-order valence-corrected chi connectivity index (χ1v) is 10.4. The molecule has 2 fully saturated rings. The summed E-state index contributed by atoms with van der Waals surface area (Å²) in [5.74, 6) is 0.150. The first-order chi connectivity index (χ1) is 14.9. The molecule has 9 heteroatoms. The molecule has 2 atom stereocenters. The number of halogens is 3. The average molecular weight is 431 g/mol. The van der Waals surface area contributed by atoms with Crippen LogP contribution in [0.3, 0.4) is 0 Å². The fourth-order valence-electron chi connectivity index (χ4n) is 4.52. The van der Waals surface area contributed by atoms with Crippen LogP contribution < -0.4 is 4.90 Å². The Hall–Kier alpha value is -3.10. The van der Waals surface area contributed by atoms with Gasteiger partial charge in [-0.1, -0.05) is 26.0 Å². The van der Waals surface area contributed by atoms with Gasteiger partial charge in [-0.2, -0.15) is 18.3 Å². The van der Waals surface area contributed by atoms with Crippen LogP contribution in [0.2, 0.25) is 0 Å². The summed E-state index contributed by atoms with van der Waals surface area (Å²) in [6, 6.07) is 9.24. The molecule has 164 valence electrons. The lowest BCUT2D eigenvalue weighted by Gasteiger charge is -2.25. The number of nitrogens with one attached hydrogen (secondary N) is 1. The number of fused-ring (bicyclic) bond motifs is 2. The second-order valence-corrected chi connectivity index (χ2v) is 7.62. The van der Waals surface area contributed by atoms with Gasteiger partial charge in [-0.05, 0) is 24.3 Å². The van der Waals surface area contributed by atoms with Crippen LogP contribution in [0.1, 0.15) is 29.9 Å². The Kier molecular flexibility index (Phi) is 5.60. The number of amides is 1. The third-order valence-electron chi connectivity index (χ3n) is 5.87. The molecule has 0 aliphatic carbocycles. The zero-order valence-corrected chi connectivity index (χ0v) is 17.4. The van der Waals surface area contributed by atoms with Crippen molar-refractivity contribution in [2.45, 2.75) is 20.0 Å². The van der Waals surface area contributed by atoms with Crippen LogP contribution in [0, 0.1) is 11.8 Å². The van der Waals surface area contributed by atoms with E-state index in [0.717, 1.165) is 6.07 Å². The summed E-state index contributed by atoms with van der Waals surface area (Å²) >= 11 is 0. The zero-order valence-electron chi connectivity index (χ0n) is 17.4. The van der Waals surface area contributed by atoms with Crippen LogP contribution in [0.5, 0.6) is 0 Å². The molecule has 2 aliphatic heterocycles. The minimum Gasteiger partial charge on any atom is -0.370 e. The molecule has 1 N–H and O–H groups in total. The van der Waals surface area contributed by atoms with E-state index in [2.05, 4.69) is 15.2 Å². The topological polar surface area (TPSA) is 65.1 Å². The number of likely N-dealkylation sites (tertiary alicyclic amines) is 1. The molecule has 0 spiro atoms. The Morgan fingerprint density at radius 3 is 2.39 bits per heavy atom. The van der Waals surface area contributed by atoms with E-state index < -0.39 is 11.7 Å². The van der Waals surface area contributed by atoms with Crippen molar-refractivity contribution in [3.05, 3.63) is 53.9 Å². The highest BCUT2D eigenvalue weighted by Crippen LogP contribution is 2.41. The predicted octanol–water partition coefficient (Wildman–Crippen LogP) is 4.21. The van der Waals surface area contributed by atoms with E-state index in [4.69, 9.17) is 0 Å². The van der Waals surface area contributed by atoms with Gasteiger partial charge in [-0.15, -0.1) is 0 Å². The highest BCUT2D eigenvalue weighted by molar-refractivity contribution is 6.03. The molecule has 1 aromatic carbocycles. The van der Waals surface area contributed by atoms with Crippen molar-refractivity contribution in [1.82, 2.24) is 20.1 Å². The van der Waals surface area contributed by atoms with Gasteiger partial charge in [0.1, 0.15) is 5.69 Å². The number of pyridine rings is 1. The smallest absolute Gasteiger partial charge is 0.370 e. The monoisotopic (exact) mass is 431 g/mol. The standard InChI is InChI=1S/C20H18F3N5O.C2H6/c21-20(22,23)15-5-1-2-6-16(15)27-8-12-10-28(11-13(12)9-27)19(29)17-14-4-3-7-24-18(14)26-25-17;1-2/h1-7,12-13H,8-11H2,(H,24,25,26);1-2H3/t12-,13+;. The number of H-pyrrole nitrogens is 1. The molecule has 2 aromatic heterocycles. The number of hydrogen-bond acceptors (Lipinski definition) is 4. The van der Waals surface area contributed by atoms with Crippen LogP contribution in [0.4, 0.5) is 18.9 Å². The van der Waals surface area contributed by atoms with Gasteiger partial charge in [0.2, 0.25) is 0 Å². The number of para-hydroxylation sites is 1. The van der Waals surface area contributed by atoms with Crippen molar-refractivity contribution < 1.29 is 18.0 Å². The Morgan fingerprint density at radius 1 is 1.03 bits per heavy atom. The minimum absolute atomic E-state index is 0.142. The summed E-state index contributed by atoms with van der Waals surface area (Å²) in [6.07, 6.45) is -2.77. The van der Waals surface area contributed by atoms with Gasteiger partial charge in [0, 0.05) is 49.9 Å². The van der Waals surface area contributed by atoms with Gasteiger partial charge in [-0.3, -0.25) is 9.89 Å². The number of nitrogens with zero attached hydrogens (tertiary/aromatic N) is 4. The quantitative estimate of drug-likeness (QED) is 0.660. The fourth-order valence-corrected chi connectivity index (χ4v) is 4.52. The lowest BCUT2D eigenvalue weighted by atomic mass is 10.0. The molecule has 0 bridgehead atoms. The maximum Gasteiger partial charge on any atom is 0.418 e. The number of carbonyl (C=O) groups excluding carboxylic acids is 1. The zero-order chi connectivity index (χ0) is 22.2. The number of hydrogen-bond donors (Lipinski definition) is 1. The minimum atomic E-state index is -4.38. The van der Waals surface area contributed by atoms with Crippen LogP contribution >= 0.6 is 0 Å². The van der Waals surface area contributed by atoms with E-state index in [0.29, 0.717) is 42.9 Å². The summed E-state index contributed by atoms with van der Waals surface area (Å²) in [5.41, 5.74) is 0.514. The Bertz CT molecular complexity index is 1070. The van der Waals surface area contributed by atoms with Gasteiger partial charge >= 0.3 is 6.18 Å². The number of aromatic amines is 1. The molecular weight excluding hydrogens is 407 g/mol. The van der Waals surface area contributed by atoms with E-state index in [1.807, 2.05) is 13.8 Å². The molecule has 31 heavy (non-hydrogen) atoms. The third kappa shape index (κ3) is 3.84. The molecule has 5 rings (SSSR count). The normalized spacial score (nSPS) is 20.5. The molecule has 0 radical (unpaired) electrons. The molecule has 2 aliphatic rings. The van der Waals surface area contributed by atoms with E-state index in [1.54, 1.807) is 34.2 Å². The molecule has 4 heterocycles. The van der Waals surface area contributed by atoms with Crippen molar-refractivity contribution in [2.75, 3.05) is 31.1 Å². The first kappa shape index (κ1) is 21.1. The molecule has 0 saturated carbocycles. The van der Waals surface area contributed by atoms with Gasteiger partial charge in [0.25, 0.3) is 5.91 Å². The van der Waals surface area contributed by atoms with Crippen molar-refractivity contribution in [2.24, 2.45) is 11.8 Å². The molecule has 1 amide bonds. The van der Waals surface area contributed by atoms with Crippen LogP contribution in [0.25, 0.3) is 11.0 Å². The number of benzene rings is 1. The molecule has 2 saturated heterocycles. The predicted molar refractivity (Wildman–Crippen MR) is 112 cm³/mol. The number of aromatic nitrogens is 3. The van der Waals surface area contributed by atoms with Gasteiger partial charge in [-0.25, -0.2) is 4.98 Å². The Labute approximate surface area is 178 Å². The first-order valence-electron chi connectivity index (χ1n) is 10.4. The SMILES string of the molecule is CC.O=C(c1[nH]nc2ncccc12)N1C[C@@H]2CN(c3ccccc3C(F)(F)F)C[C@@H]2C1. The van der Waals surface area contributed by atoms with Gasteiger partial charge < -0.3 is 9.80 Å². The van der Waals surface area contributed by atoms with E-state index >= 15 is 0 Å². The number of anilines is 1. The summed E-state index contributed by atoms with van der Waals surface area (Å²) < 4.78 is 40.1. The van der Waals surface area contributed by atoms with E-state index in [1.165, 1.54) is 12.1 Å². The molecule has 0 unspecified atom stereocenters. The van der Waals surface area contributed by atoms with Crippen molar-refractivity contribution >= 4 is 22.6 Å². The van der Waals surface area contributed by atoms with Crippen molar-refractivity contribution in [3.8, 4) is 0 Å². The van der Waals surface area contributed by atoms with E-state index in [9.17, 15) is 18.0 Å². The highest BCUT2D eigenvalue weighted by atomic mass is 19.4. The summed E-state index contributed by atoms with van der Waals surface area (Å²) in [6.45, 7) is 6.06. The molecule has 6 nitrogen and oxygen atoms in total. The summed E-state index contributed by atoms with van der Waals surface area (Å²) in [4.78, 5) is 20.7. The Morgan fingerprint density at radius 2 is 1.71 bits per heavy atom. The number of rotatable bonds is 2. The lowest BCUT2D eigenvalue weighted by Crippen LogP contribution is -2.34. The highest BCUT2D eigenvalue weighted by Gasteiger charge is 2.44. The summed E-state index contributed by atoms with van der Waals surface area (Å²) in [7, 11) is 0. The summed E-state index contributed by atoms with van der Waals surface area (Å²) in [5, 5.41) is 7.52. The van der Waals surface area contributed by atoms with Crippen molar-refractivity contribution in [1.29, 1.82) is 0 Å². The van der Waals surface area contributed by atoms with Crippen LogP contribution in [0.15, 0.2) is 42.6 Å². The largest absolute Gasteiger partial charge is 0.418 e. The van der Waals surface area contributed by atoms with Crippen molar-refractivity contribution in [3.63, 3.8) is 0 Å². The van der Waals surface area contributed by atoms with Gasteiger partial charge in [0.15, 0.2) is 5.65 Å². The molecule has 3 aromatic rings. The third-order valence-corrected chi connectivity index (χ3v) is 5.87. The second-order valence-electron chi connectivity index (χ2n) is 7.62. The molecular formula is C22H24F3N5O. The lowest BCUT2D eigenvalue weighted by molar-refractivity contribution is -0.137. The van der Waals surface area contributed by atoms with Crippen LogP contribution in [-0.4, -0.2) is 52.2 Å². The average Bonchev–Trinajstić information content (AvgIpc) is 3.47. The van der Waals surface area contributed by atoms with E-state index in [-0.39, 0.29) is 23.4 Å². The maximum absolute atomic E-state index is 13.4. The number of alkyl halides is 3. The van der Waals surface area contributed by atoms with Gasteiger partial charge in [0.05, 0.1) is 10.9 Å². The maximum atomic E-state index is 13.4. The Balaban J connectivity index is 0.00000112. The second kappa shape index (κ2) is 8.20. The van der Waals surface area contributed by atoms with Crippen LogP contribution in [-0.2, 0) is 6.18 Å².